The number of allylic oxidation sites excluding steroid dienone is 1. The van der Waals surface area contributed by atoms with Crippen LogP contribution in [0.1, 0.15) is 19.4 Å². The topological polar surface area (TPSA) is 74.7 Å². The molecule has 0 saturated carbocycles. The number of aromatic nitrogens is 2. The van der Waals surface area contributed by atoms with Crippen molar-refractivity contribution in [2.75, 3.05) is 32.2 Å². The first-order valence-electron chi connectivity index (χ1n) is 9.82. The van der Waals surface area contributed by atoms with Crippen LogP contribution in [-0.4, -0.2) is 43.0 Å². The van der Waals surface area contributed by atoms with E-state index in [4.69, 9.17) is 18.9 Å². The summed E-state index contributed by atoms with van der Waals surface area (Å²) in [5, 5.41) is 4.13. The van der Waals surface area contributed by atoms with E-state index in [-0.39, 0.29) is 6.10 Å². The van der Waals surface area contributed by atoms with E-state index in [1.165, 1.54) is 6.33 Å². The quantitative estimate of drug-likeness (QED) is 0.614. The molecule has 0 spiro atoms. The Hall–Kier alpha value is -3.32. The molecule has 1 atom stereocenters. The Morgan fingerprint density at radius 2 is 2.00 bits per heavy atom. The van der Waals surface area contributed by atoms with Gasteiger partial charge in [-0.25, -0.2) is 9.97 Å². The Bertz CT molecular complexity index is 1080. The zero-order valence-electron chi connectivity index (χ0n) is 17.4. The van der Waals surface area contributed by atoms with Gasteiger partial charge in [0.05, 0.1) is 17.5 Å². The lowest BCUT2D eigenvalue weighted by Gasteiger charge is -2.25. The molecule has 1 aliphatic rings. The van der Waals surface area contributed by atoms with Crippen LogP contribution >= 0.6 is 0 Å². The molecule has 2 heterocycles. The number of benzene rings is 2. The van der Waals surface area contributed by atoms with Gasteiger partial charge >= 0.3 is 0 Å². The van der Waals surface area contributed by atoms with Gasteiger partial charge in [0.2, 0.25) is 5.75 Å². The SMILES string of the molecule is C=C(C)c1cccc(Nc2ncnc3cc(OC(C)COC)c4c(c23)OCCO4)c1. The molecule has 1 aliphatic heterocycles. The molecular weight excluding hydrogens is 382 g/mol. The number of hydrogen-bond acceptors (Lipinski definition) is 7. The van der Waals surface area contributed by atoms with Gasteiger partial charge in [-0.1, -0.05) is 24.3 Å². The van der Waals surface area contributed by atoms with Crippen molar-refractivity contribution in [3.8, 4) is 17.2 Å². The Labute approximate surface area is 175 Å². The molecule has 1 unspecified atom stereocenters. The molecule has 4 rings (SSSR count). The van der Waals surface area contributed by atoms with Crippen molar-refractivity contribution in [1.29, 1.82) is 0 Å². The van der Waals surface area contributed by atoms with Crippen molar-refractivity contribution in [2.24, 2.45) is 0 Å². The van der Waals surface area contributed by atoms with Gasteiger partial charge in [0.15, 0.2) is 11.5 Å². The van der Waals surface area contributed by atoms with Crippen molar-refractivity contribution >= 4 is 28.0 Å². The average molecular weight is 407 g/mol. The Morgan fingerprint density at radius 3 is 2.77 bits per heavy atom. The largest absolute Gasteiger partial charge is 0.485 e. The number of methoxy groups -OCH3 is 1. The first-order valence-corrected chi connectivity index (χ1v) is 9.82. The predicted octanol–water partition coefficient (Wildman–Crippen LogP) is 4.59. The fourth-order valence-electron chi connectivity index (χ4n) is 3.38. The number of anilines is 2. The van der Waals surface area contributed by atoms with Gasteiger partial charge in [0.1, 0.15) is 31.5 Å². The minimum Gasteiger partial charge on any atom is -0.485 e. The molecule has 1 aromatic heterocycles. The summed E-state index contributed by atoms with van der Waals surface area (Å²) in [7, 11) is 1.64. The second-order valence-corrected chi connectivity index (χ2v) is 7.22. The molecule has 1 N–H and O–H groups in total. The number of nitrogens with zero attached hydrogens (tertiary/aromatic N) is 2. The summed E-state index contributed by atoms with van der Waals surface area (Å²) >= 11 is 0. The third kappa shape index (κ3) is 4.02. The third-order valence-electron chi connectivity index (χ3n) is 4.73. The van der Waals surface area contributed by atoms with Crippen LogP contribution < -0.4 is 19.5 Å². The van der Waals surface area contributed by atoms with Crippen LogP contribution in [0.5, 0.6) is 17.2 Å². The van der Waals surface area contributed by atoms with E-state index in [0.717, 1.165) is 22.2 Å². The van der Waals surface area contributed by atoms with Crippen molar-refractivity contribution < 1.29 is 18.9 Å². The lowest BCUT2D eigenvalue weighted by Crippen LogP contribution is -2.21. The number of rotatable bonds is 7. The van der Waals surface area contributed by atoms with Crippen LogP contribution in [0.3, 0.4) is 0 Å². The maximum atomic E-state index is 6.04. The highest BCUT2D eigenvalue weighted by Crippen LogP contribution is 2.47. The van der Waals surface area contributed by atoms with Gasteiger partial charge in [-0.15, -0.1) is 0 Å². The predicted molar refractivity (Wildman–Crippen MR) is 117 cm³/mol. The highest BCUT2D eigenvalue weighted by Gasteiger charge is 2.25. The molecule has 0 saturated heterocycles. The van der Waals surface area contributed by atoms with Crippen LogP contribution in [0.15, 0.2) is 43.2 Å². The fraction of sp³-hybridized carbons (Fsp3) is 0.304. The summed E-state index contributed by atoms with van der Waals surface area (Å²) in [6.07, 6.45) is 1.37. The summed E-state index contributed by atoms with van der Waals surface area (Å²) in [6.45, 7) is 9.28. The van der Waals surface area contributed by atoms with Gasteiger partial charge in [-0.05, 0) is 31.5 Å². The van der Waals surface area contributed by atoms with Crippen LogP contribution in [0.25, 0.3) is 16.5 Å². The molecule has 7 nitrogen and oxygen atoms in total. The summed E-state index contributed by atoms with van der Waals surface area (Å²) in [5.74, 6) is 2.36. The zero-order chi connectivity index (χ0) is 21.1. The van der Waals surface area contributed by atoms with E-state index in [0.29, 0.717) is 48.4 Å². The smallest absolute Gasteiger partial charge is 0.204 e. The molecule has 0 amide bonds. The molecule has 0 radical (unpaired) electrons. The molecule has 7 heteroatoms. The van der Waals surface area contributed by atoms with E-state index >= 15 is 0 Å². The lowest BCUT2D eigenvalue weighted by atomic mass is 10.1. The summed E-state index contributed by atoms with van der Waals surface area (Å²) in [5.41, 5.74) is 3.65. The zero-order valence-corrected chi connectivity index (χ0v) is 17.4. The summed E-state index contributed by atoms with van der Waals surface area (Å²) in [4.78, 5) is 8.90. The second kappa shape index (κ2) is 8.59. The highest BCUT2D eigenvalue weighted by atomic mass is 16.6. The van der Waals surface area contributed by atoms with E-state index in [9.17, 15) is 0 Å². The van der Waals surface area contributed by atoms with E-state index in [1.807, 2.05) is 44.2 Å². The van der Waals surface area contributed by atoms with Gasteiger partial charge in [0.25, 0.3) is 0 Å². The Morgan fingerprint density at radius 1 is 1.20 bits per heavy atom. The molecular formula is C23H25N3O4. The normalized spacial score (nSPS) is 13.7. The third-order valence-corrected chi connectivity index (χ3v) is 4.73. The van der Waals surface area contributed by atoms with Crippen LogP contribution in [-0.2, 0) is 4.74 Å². The fourth-order valence-corrected chi connectivity index (χ4v) is 3.38. The number of ether oxygens (including phenoxy) is 4. The number of hydrogen-bond donors (Lipinski definition) is 1. The molecule has 0 aliphatic carbocycles. The monoisotopic (exact) mass is 407 g/mol. The van der Waals surface area contributed by atoms with Gasteiger partial charge in [0, 0.05) is 18.9 Å². The maximum absolute atomic E-state index is 6.04. The van der Waals surface area contributed by atoms with Gasteiger partial charge in [-0.3, -0.25) is 0 Å². The van der Waals surface area contributed by atoms with E-state index in [2.05, 4.69) is 21.9 Å². The first kappa shape index (κ1) is 20.0. The van der Waals surface area contributed by atoms with Crippen LogP contribution in [0, 0.1) is 0 Å². The molecule has 3 aromatic rings. The first-order chi connectivity index (χ1) is 14.6. The minimum atomic E-state index is -0.147. The molecule has 0 fully saturated rings. The lowest BCUT2D eigenvalue weighted by molar-refractivity contribution is 0.0858. The van der Waals surface area contributed by atoms with Crippen LogP contribution in [0.2, 0.25) is 0 Å². The molecule has 156 valence electrons. The van der Waals surface area contributed by atoms with Crippen molar-refractivity contribution in [2.45, 2.75) is 20.0 Å². The van der Waals surface area contributed by atoms with Crippen molar-refractivity contribution in [3.63, 3.8) is 0 Å². The summed E-state index contributed by atoms with van der Waals surface area (Å²) < 4.78 is 23.1. The van der Waals surface area contributed by atoms with Gasteiger partial charge < -0.3 is 24.3 Å². The maximum Gasteiger partial charge on any atom is 0.204 e. The van der Waals surface area contributed by atoms with E-state index < -0.39 is 0 Å². The van der Waals surface area contributed by atoms with Crippen molar-refractivity contribution in [1.82, 2.24) is 9.97 Å². The average Bonchev–Trinajstić information content (AvgIpc) is 2.74. The second-order valence-electron chi connectivity index (χ2n) is 7.22. The van der Waals surface area contributed by atoms with Crippen LogP contribution in [0.4, 0.5) is 11.5 Å². The Balaban J connectivity index is 1.79. The van der Waals surface area contributed by atoms with E-state index in [1.54, 1.807) is 7.11 Å². The van der Waals surface area contributed by atoms with Gasteiger partial charge in [-0.2, -0.15) is 0 Å². The van der Waals surface area contributed by atoms with Crippen molar-refractivity contribution in [3.05, 3.63) is 48.8 Å². The molecule has 30 heavy (non-hydrogen) atoms. The summed E-state index contributed by atoms with van der Waals surface area (Å²) in [6, 6.07) is 9.87. The molecule has 0 bridgehead atoms. The highest BCUT2D eigenvalue weighted by molar-refractivity contribution is 5.99. The molecule has 2 aromatic carbocycles. The standard InChI is InChI=1S/C23H25N3O4/c1-14(2)16-6-5-7-17(10-16)26-23-20-18(24-13-25-23)11-19(30-15(3)12-27-4)21-22(20)29-9-8-28-21/h5-7,10-11,13,15H,1,8-9,12H2,2-4H3,(H,24,25,26). The number of fused-ring (bicyclic) bond motifs is 3. The Kier molecular flexibility index (Phi) is 5.72. The minimum absolute atomic E-state index is 0.147. The number of nitrogens with one attached hydrogen (secondary N) is 1.